The highest BCUT2D eigenvalue weighted by Gasteiger charge is 2.26. The lowest BCUT2D eigenvalue weighted by molar-refractivity contribution is -0.125. The third-order valence-electron chi connectivity index (χ3n) is 5.85. The van der Waals surface area contributed by atoms with Gasteiger partial charge in [0.05, 0.1) is 13.2 Å². The van der Waals surface area contributed by atoms with Crippen molar-refractivity contribution < 1.29 is 9.53 Å². The van der Waals surface area contributed by atoms with Gasteiger partial charge in [-0.05, 0) is 31.4 Å². The van der Waals surface area contributed by atoms with Gasteiger partial charge in [0.15, 0.2) is 0 Å². The first-order valence-electron chi connectivity index (χ1n) is 11.0. The lowest BCUT2D eigenvalue weighted by atomic mass is 9.96. The maximum atomic E-state index is 12.5. The summed E-state index contributed by atoms with van der Waals surface area (Å²) in [5.41, 5.74) is 1.23. The molecule has 2 aliphatic rings. The molecule has 0 unspecified atom stereocenters. The Bertz CT molecular complexity index is 786. The quantitative estimate of drug-likeness (QED) is 0.649. The summed E-state index contributed by atoms with van der Waals surface area (Å²) < 4.78 is 9.90. The number of morpholine rings is 1. The van der Waals surface area contributed by atoms with Gasteiger partial charge >= 0.3 is 0 Å². The molecule has 8 heteroatoms. The van der Waals surface area contributed by atoms with E-state index in [4.69, 9.17) is 9.72 Å². The van der Waals surface area contributed by atoms with Gasteiger partial charge in [-0.3, -0.25) is 9.69 Å². The van der Waals surface area contributed by atoms with Crippen LogP contribution in [0.2, 0.25) is 0 Å². The fourth-order valence-corrected chi connectivity index (χ4v) is 4.78. The van der Waals surface area contributed by atoms with E-state index < -0.39 is 0 Å². The van der Waals surface area contributed by atoms with Crippen molar-refractivity contribution in [3.05, 3.63) is 41.7 Å². The number of amides is 1. The first-order chi connectivity index (χ1) is 14.8. The summed E-state index contributed by atoms with van der Waals surface area (Å²) in [5.74, 6) is 1.20. The molecule has 1 amide bonds. The molecule has 0 spiro atoms. The van der Waals surface area contributed by atoms with E-state index in [1.54, 1.807) is 0 Å². The zero-order valence-electron chi connectivity index (χ0n) is 17.5. The molecule has 30 heavy (non-hydrogen) atoms. The van der Waals surface area contributed by atoms with Crippen molar-refractivity contribution >= 4 is 22.6 Å². The Balaban J connectivity index is 1.16. The number of nitrogens with one attached hydrogen (secondary N) is 1. The second-order valence-electron chi connectivity index (χ2n) is 8.02. The molecule has 0 bridgehead atoms. The highest BCUT2D eigenvalue weighted by molar-refractivity contribution is 7.09. The normalized spacial score (nSPS) is 18.5. The van der Waals surface area contributed by atoms with Gasteiger partial charge < -0.3 is 15.0 Å². The maximum absolute atomic E-state index is 12.5. The van der Waals surface area contributed by atoms with E-state index in [2.05, 4.69) is 31.6 Å². The number of carbonyl (C=O) groups is 1. The van der Waals surface area contributed by atoms with Gasteiger partial charge in [-0.1, -0.05) is 30.3 Å². The van der Waals surface area contributed by atoms with E-state index in [1.807, 2.05) is 18.2 Å². The SMILES string of the molecule is O=C(NCCCN1CCOCC1)C1CCN(c2nc(Cc3ccccc3)ns2)CC1. The van der Waals surface area contributed by atoms with Gasteiger partial charge in [0.2, 0.25) is 11.0 Å². The van der Waals surface area contributed by atoms with E-state index in [-0.39, 0.29) is 11.8 Å². The van der Waals surface area contributed by atoms with Crippen LogP contribution in [-0.2, 0) is 16.0 Å². The Morgan fingerprint density at radius 1 is 1.13 bits per heavy atom. The van der Waals surface area contributed by atoms with Crippen molar-refractivity contribution in [1.82, 2.24) is 19.6 Å². The fraction of sp³-hybridized carbons (Fsp3) is 0.591. The summed E-state index contributed by atoms with van der Waals surface area (Å²) in [7, 11) is 0. The number of hydrogen-bond acceptors (Lipinski definition) is 7. The van der Waals surface area contributed by atoms with Crippen molar-refractivity contribution in [2.75, 3.05) is 57.4 Å². The van der Waals surface area contributed by atoms with Crippen LogP contribution in [-0.4, -0.2) is 72.6 Å². The summed E-state index contributed by atoms with van der Waals surface area (Å²) in [5, 5.41) is 4.11. The van der Waals surface area contributed by atoms with Crippen LogP contribution >= 0.6 is 11.5 Å². The monoisotopic (exact) mass is 429 g/mol. The Labute approximate surface area is 182 Å². The molecule has 7 nitrogen and oxygen atoms in total. The number of nitrogens with zero attached hydrogens (tertiary/aromatic N) is 4. The minimum Gasteiger partial charge on any atom is -0.379 e. The van der Waals surface area contributed by atoms with Crippen LogP contribution < -0.4 is 10.2 Å². The lowest BCUT2D eigenvalue weighted by Gasteiger charge is -2.31. The summed E-state index contributed by atoms with van der Waals surface area (Å²) >= 11 is 1.47. The van der Waals surface area contributed by atoms with Crippen LogP contribution in [0, 0.1) is 5.92 Å². The molecule has 0 atom stereocenters. The second kappa shape index (κ2) is 10.8. The molecule has 2 aliphatic heterocycles. The molecule has 0 aliphatic carbocycles. The van der Waals surface area contributed by atoms with E-state index in [1.165, 1.54) is 17.1 Å². The van der Waals surface area contributed by atoms with E-state index in [9.17, 15) is 4.79 Å². The van der Waals surface area contributed by atoms with Crippen molar-refractivity contribution in [2.45, 2.75) is 25.7 Å². The number of carbonyl (C=O) groups excluding carboxylic acids is 1. The topological polar surface area (TPSA) is 70.6 Å². The van der Waals surface area contributed by atoms with E-state index >= 15 is 0 Å². The van der Waals surface area contributed by atoms with Crippen LogP contribution in [0.1, 0.15) is 30.7 Å². The number of ether oxygens (including phenoxy) is 1. The van der Waals surface area contributed by atoms with Crippen molar-refractivity contribution in [2.24, 2.45) is 5.92 Å². The highest BCUT2D eigenvalue weighted by atomic mass is 32.1. The third kappa shape index (κ3) is 6.00. The molecule has 2 saturated heterocycles. The van der Waals surface area contributed by atoms with Crippen molar-refractivity contribution in [3.63, 3.8) is 0 Å². The van der Waals surface area contributed by atoms with Crippen LogP contribution in [0.3, 0.4) is 0 Å². The minimum absolute atomic E-state index is 0.112. The summed E-state index contributed by atoms with van der Waals surface area (Å²) in [6, 6.07) is 10.3. The fourth-order valence-electron chi connectivity index (χ4n) is 4.04. The zero-order valence-corrected chi connectivity index (χ0v) is 18.3. The molecule has 0 radical (unpaired) electrons. The predicted octanol–water partition coefficient (Wildman–Crippen LogP) is 2.18. The smallest absolute Gasteiger partial charge is 0.223 e. The van der Waals surface area contributed by atoms with Crippen LogP contribution in [0.25, 0.3) is 0 Å². The maximum Gasteiger partial charge on any atom is 0.223 e. The summed E-state index contributed by atoms with van der Waals surface area (Å²) in [6.07, 6.45) is 3.52. The molecule has 1 aromatic heterocycles. The Morgan fingerprint density at radius 3 is 2.67 bits per heavy atom. The van der Waals surface area contributed by atoms with Gasteiger partial charge in [-0.15, -0.1) is 0 Å². The number of rotatable bonds is 8. The first kappa shape index (κ1) is 21.2. The molecular formula is C22H31N5O2S. The Hall–Kier alpha value is -2.03. The van der Waals surface area contributed by atoms with E-state index in [0.29, 0.717) is 0 Å². The van der Waals surface area contributed by atoms with Crippen LogP contribution in [0.4, 0.5) is 5.13 Å². The van der Waals surface area contributed by atoms with E-state index in [0.717, 1.165) is 89.1 Å². The van der Waals surface area contributed by atoms with Crippen molar-refractivity contribution in [1.29, 1.82) is 0 Å². The lowest BCUT2D eigenvalue weighted by Crippen LogP contribution is -2.42. The molecule has 2 fully saturated rings. The van der Waals surface area contributed by atoms with Gasteiger partial charge in [-0.25, -0.2) is 4.98 Å². The van der Waals surface area contributed by atoms with Crippen LogP contribution in [0.15, 0.2) is 30.3 Å². The average molecular weight is 430 g/mol. The van der Waals surface area contributed by atoms with Crippen LogP contribution in [0.5, 0.6) is 0 Å². The van der Waals surface area contributed by atoms with Crippen molar-refractivity contribution in [3.8, 4) is 0 Å². The average Bonchev–Trinajstić information content (AvgIpc) is 3.26. The summed E-state index contributed by atoms with van der Waals surface area (Å²) in [6.45, 7) is 7.19. The Morgan fingerprint density at radius 2 is 1.90 bits per heavy atom. The minimum atomic E-state index is 0.112. The highest BCUT2D eigenvalue weighted by Crippen LogP contribution is 2.25. The second-order valence-corrected chi connectivity index (χ2v) is 8.75. The number of benzene rings is 1. The predicted molar refractivity (Wildman–Crippen MR) is 119 cm³/mol. The molecule has 0 saturated carbocycles. The first-order valence-corrected chi connectivity index (χ1v) is 11.7. The largest absolute Gasteiger partial charge is 0.379 e. The standard InChI is InChI=1S/C22H31N5O2S/c28-21(23-9-4-10-26-13-15-29-16-14-26)19-7-11-27(12-8-19)22-24-20(25-30-22)17-18-5-2-1-3-6-18/h1-3,5-6,19H,4,7-17H2,(H,23,28). The number of anilines is 1. The molecule has 1 N–H and O–H groups in total. The molecular weight excluding hydrogens is 398 g/mol. The Kier molecular flexibility index (Phi) is 7.66. The third-order valence-corrected chi connectivity index (χ3v) is 6.67. The molecule has 4 rings (SSSR count). The van der Waals surface area contributed by atoms with Gasteiger partial charge in [-0.2, -0.15) is 4.37 Å². The van der Waals surface area contributed by atoms with Gasteiger partial charge in [0.1, 0.15) is 5.82 Å². The number of hydrogen-bond donors (Lipinski definition) is 1. The zero-order chi connectivity index (χ0) is 20.6. The molecule has 162 valence electrons. The summed E-state index contributed by atoms with van der Waals surface area (Å²) in [4.78, 5) is 21.9. The number of piperidine rings is 1. The molecule has 1 aromatic carbocycles. The number of aromatic nitrogens is 2. The molecule has 3 heterocycles. The van der Waals surface area contributed by atoms with Gasteiger partial charge in [0, 0.05) is 56.6 Å². The molecule has 2 aromatic rings. The van der Waals surface area contributed by atoms with Gasteiger partial charge in [0.25, 0.3) is 0 Å².